The molecule has 5 nitrogen and oxygen atoms in total. The molecule has 0 amide bonds. The Hall–Kier alpha value is -1.46. The molecule has 1 aromatic rings. The van der Waals surface area contributed by atoms with E-state index >= 15 is 0 Å². The van der Waals surface area contributed by atoms with E-state index in [0.29, 0.717) is 30.0 Å². The number of aromatic hydroxyl groups is 1. The quantitative estimate of drug-likeness (QED) is 0.678. The van der Waals surface area contributed by atoms with E-state index in [1.807, 2.05) is 0 Å². The third-order valence-electron chi connectivity index (χ3n) is 2.30. The van der Waals surface area contributed by atoms with Gasteiger partial charge in [0.15, 0.2) is 11.5 Å². The zero-order chi connectivity index (χ0) is 10.8. The maximum atomic E-state index is 9.69. The third kappa shape index (κ3) is 1.84. The predicted octanol–water partition coefficient (Wildman–Crippen LogP) is 0.503. The van der Waals surface area contributed by atoms with Gasteiger partial charge in [-0.15, -0.1) is 0 Å². The number of phenolic OH excluding ortho intramolecular Hbond substituents is 1. The summed E-state index contributed by atoms with van der Waals surface area (Å²) in [4.78, 5) is 0. The molecule has 15 heavy (non-hydrogen) atoms. The number of benzene rings is 1. The Morgan fingerprint density at radius 2 is 2.20 bits per heavy atom. The molecule has 0 spiro atoms. The maximum Gasteiger partial charge on any atom is 0.231 e. The number of aliphatic hydroxyl groups is 1. The number of hydrogen-bond donors (Lipinski definition) is 3. The summed E-state index contributed by atoms with van der Waals surface area (Å²) in [5, 5.41) is 19.3. The first-order valence-electron chi connectivity index (χ1n) is 4.73. The van der Waals surface area contributed by atoms with Crippen LogP contribution < -0.4 is 15.2 Å². The van der Waals surface area contributed by atoms with Gasteiger partial charge in [-0.1, -0.05) is 0 Å². The largest absolute Gasteiger partial charge is 0.504 e. The van der Waals surface area contributed by atoms with Crippen molar-refractivity contribution >= 4 is 0 Å². The lowest BCUT2D eigenvalue weighted by molar-refractivity contribution is 0.167. The highest BCUT2D eigenvalue weighted by molar-refractivity contribution is 5.54. The summed E-state index contributed by atoms with van der Waals surface area (Å²) in [6.07, 6.45) is -0.241. The summed E-state index contributed by atoms with van der Waals surface area (Å²) in [5.41, 5.74) is 5.92. The van der Waals surface area contributed by atoms with E-state index < -0.39 is 6.10 Å². The third-order valence-corrected chi connectivity index (χ3v) is 2.30. The van der Waals surface area contributed by atoms with Gasteiger partial charge in [-0.2, -0.15) is 0 Å². The highest BCUT2D eigenvalue weighted by Crippen LogP contribution is 2.42. The van der Waals surface area contributed by atoms with Gasteiger partial charge in [-0.25, -0.2) is 0 Å². The molecule has 1 aliphatic heterocycles. The van der Waals surface area contributed by atoms with Crippen molar-refractivity contribution < 1.29 is 19.7 Å². The van der Waals surface area contributed by atoms with Gasteiger partial charge < -0.3 is 25.4 Å². The van der Waals surface area contributed by atoms with Crippen molar-refractivity contribution in [3.63, 3.8) is 0 Å². The van der Waals surface area contributed by atoms with Crippen LogP contribution in [0.2, 0.25) is 0 Å². The van der Waals surface area contributed by atoms with Crippen molar-refractivity contribution in [2.75, 3.05) is 13.3 Å². The lowest BCUT2D eigenvalue weighted by Gasteiger charge is -2.10. The van der Waals surface area contributed by atoms with Crippen LogP contribution in [0.15, 0.2) is 12.1 Å². The molecule has 1 aliphatic rings. The Kier molecular flexibility index (Phi) is 2.66. The smallest absolute Gasteiger partial charge is 0.231 e. The lowest BCUT2D eigenvalue weighted by Crippen LogP contribution is -2.06. The summed E-state index contributed by atoms with van der Waals surface area (Å²) in [6.45, 7) is 0.482. The number of rotatable bonds is 3. The number of hydrogen-bond acceptors (Lipinski definition) is 5. The van der Waals surface area contributed by atoms with Crippen molar-refractivity contribution in [3.05, 3.63) is 17.7 Å². The second-order valence-electron chi connectivity index (χ2n) is 3.37. The Labute approximate surface area is 87.0 Å². The molecule has 0 bridgehead atoms. The fraction of sp³-hybridized carbons (Fsp3) is 0.400. The van der Waals surface area contributed by atoms with Gasteiger partial charge in [-0.3, -0.25) is 0 Å². The van der Waals surface area contributed by atoms with Crippen molar-refractivity contribution in [3.8, 4) is 17.2 Å². The summed E-state index contributed by atoms with van der Waals surface area (Å²) in [5.74, 6) is 0.774. The number of phenols is 1. The number of nitrogens with two attached hydrogens (primary N) is 1. The predicted molar refractivity (Wildman–Crippen MR) is 52.9 cm³/mol. The van der Waals surface area contributed by atoms with E-state index in [1.54, 1.807) is 6.07 Å². The molecule has 0 aromatic heterocycles. The second kappa shape index (κ2) is 3.96. The lowest BCUT2D eigenvalue weighted by atomic mass is 10.1. The first-order valence-corrected chi connectivity index (χ1v) is 4.73. The summed E-state index contributed by atoms with van der Waals surface area (Å²) < 4.78 is 10.2. The van der Waals surface area contributed by atoms with Crippen molar-refractivity contribution in [1.29, 1.82) is 0 Å². The number of fused-ring (bicyclic) bond motifs is 1. The van der Waals surface area contributed by atoms with Crippen LogP contribution in [-0.4, -0.2) is 23.6 Å². The van der Waals surface area contributed by atoms with E-state index in [-0.39, 0.29) is 12.5 Å². The summed E-state index contributed by atoms with van der Waals surface area (Å²) >= 11 is 0. The molecule has 2 rings (SSSR count). The minimum Gasteiger partial charge on any atom is -0.504 e. The minimum absolute atomic E-state index is 0.0175. The molecule has 4 N–H and O–H groups in total. The van der Waals surface area contributed by atoms with Crippen LogP contribution >= 0.6 is 0 Å². The van der Waals surface area contributed by atoms with Crippen molar-refractivity contribution in [2.45, 2.75) is 12.5 Å². The standard InChI is InChI=1S/C10H13NO4/c11-2-1-7(12)6-3-8(13)10-9(4-6)14-5-15-10/h3-4,7,12-13H,1-2,5,11H2. The molecular formula is C10H13NO4. The van der Waals surface area contributed by atoms with Crippen LogP contribution in [0.5, 0.6) is 17.2 Å². The molecule has 0 aliphatic carbocycles. The summed E-state index contributed by atoms with van der Waals surface area (Å²) in [7, 11) is 0. The average Bonchev–Trinajstić information content (AvgIpc) is 2.66. The number of aliphatic hydroxyl groups excluding tert-OH is 1. The van der Waals surface area contributed by atoms with Gasteiger partial charge >= 0.3 is 0 Å². The van der Waals surface area contributed by atoms with Crippen LogP contribution in [0.4, 0.5) is 0 Å². The Morgan fingerprint density at radius 3 is 2.93 bits per heavy atom. The molecule has 1 unspecified atom stereocenters. The normalized spacial score (nSPS) is 15.3. The number of ether oxygens (including phenoxy) is 2. The molecule has 0 saturated heterocycles. The molecule has 0 saturated carbocycles. The van der Waals surface area contributed by atoms with E-state index in [1.165, 1.54) is 6.07 Å². The second-order valence-corrected chi connectivity index (χ2v) is 3.37. The van der Waals surface area contributed by atoms with Crippen LogP contribution in [-0.2, 0) is 0 Å². The Balaban J connectivity index is 2.30. The minimum atomic E-state index is -0.685. The molecule has 0 fully saturated rings. The van der Waals surface area contributed by atoms with Gasteiger partial charge in [0, 0.05) is 0 Å². The van der Waals surface area contributed by atoms with Gasteiger partial charge in [0.2, 0.25) is 12.5 Å². The molecule has 1 aromatic carbocycles. The zero-order valence-corrected chi connectivity index (χ0v) is 8.14. The van der Waals surface area contributed by atoms with Gasteiger partial charge in [0.25, 0.3) is 0 Å². The van der Waals surface area contributed by atoms with Gasteiger partial charge in [0.05, 0.1) is 6.10 Å². The van der Waals surface area contributed by atoms with Gasteiger partial charge in [0.1, 0.15) is 0 Å². The monoisotopic (exact) mass is 211 g/mol. The van der Waals surface area contributed by atoms with E-state index in [9.17, 15) is 10.2 Å². The molecule has 82 valence electrons. The fourth-order valence-corrected chi connectivity index (χ4v) is 1.53. The average molecular weight is 211 g/mol. The van der Waals surface area contributed by atoms with Gasteiger partial charge in [-0.05, 0) is 30.7 Å². The molecular weight excluding hydrogens is 198 g/mol. The highest BCUT2D eigenvalue weighted by atomic mass is 16.7. The fourth-order valence-electron chi connectivity index (χ4n) is 1.53. The molecule has 0 radical (unpaired) electrons. The highest BCUT2D eigenvalue weighted by Gasteiger charge is 2.21. The zero-order valence-electron chi connectivity index (χ0n) is 8.14. The van der Waals surface area contributed by atoms with Crippen LogP contribution in [0.25, 0.3) is 0 Å². The van der Waals surface area contributed by atoms with E-state index in [4.69, 9.17) is 15.2 Å². The molecule has 1 atom stereocenters. The molecule has 1 heterocycles. The SMILES string of the molecule is NCCC(O)c1cc(O)c2c(c1)OCO2. The van der Waals surface area contributed by atoms with Crippen LogP contribution in [0.1, 0.15) is 18.1 Å². The Morgan fingerprint density at radius 1 is 1.40 bits per heavy atom. The first kappa shape index (κ1) is 10.1. The van der Waals surface area contributed by atoms with E-state index in [2.05, 4.69) is 0 Å². The van der Waals surface area contributed by atoms with Crippen molar-refractivity contribution in [2.24, 2.45) is 5.73 Å². The molecule has 5 heteroatoms. The van der Waals surface area contributed by atoms with Crippen LogP contribution in [0.3, 0.4) is 0 Å². The first-order chi connectivity index (χ1) is 7.22. The van der Waals surface area contributed by atoms with Crippen molar-refractivity contribution in [1.82, 2.24) is 0 Å². The Bertz CT molecular complexity index is 367. The maximum absolute atomic E-state index is 9.69. The summed E-state index contributed by atoms with van der Waals surface area (Å²) in [6, 6.07) is 3.12. The van der Waals surface area contributed by atoms with Crippen LogP contribution in [0, 0.1) is 0 Å². The van der Waals surface area contributed by atoms with E-state index in [0.717, 1.165) is 0 Å². The topological polar surface area (TPSA) is 84.9 Å².